The SMILES string of the molecule is COc1ccc(NC(=S)NCc2nc(-c3ccccc3C)no2)c(OC)c1. The van der Waals surface area contributed by atoms with Crippen molar-refractivity contribution in [1.82, 2.24) is 15.5 Å². The molecule has 2 aromatic carbocycles. The molecule has 0 amide bonds. The molecular weight excluding hydrogens is 364 g/mol. The molecule has 7 nitrogen and oxygen atoms in total. The highest BCUT2D eigenvalue weighted by Gasteiger charge is 2.11. The van der Waals surface area contributed by atoms with Crippen LogP contribution in [0, 0.1) is 6.92 Å². The number of anilines is 1. The van der Waals surface area contributed by atoms with E-state index >= 15 is 0 Å². The molecule has 0 atom stereocenters. The van der Waals surface area contributed by atoms with Crippen LogP contribution in [-0.2, 0) is 6.54 Å². The molecule has 0 unspecified atom stereocenters. The molecule has 0 bridgehead atoms. The van der Waals surface area contributed by atoms with Crippen molar-refractivity contribution in [2.45, 2.75) is 13.5 Å². The molecule has 1 heterocycles. The van der Waals surface area contributed by atoms with Gasteiger partial charge in [-0.1, -0.05) is 29.4 Å². The summed E-state index contributed by atoms with van der Waals surface area (Å²) in [5.74, 6) is 2.32. The Bertz CT molecular complexity index is 942. The Balaban J connectivity index is 1.61. The zero-order valence-corrected chi connectivity index (χ0v) is 16.1. The number of nitrogens with zero attached hydrogens (tertiary/aromatic N) is 2. The van der Waals surface area contributed by atoms with Crippen molar-refractivity contribution in [3.8, 4) is 22.9 Å². The number of aryl methyl sites for hydroxylation is 1. The average Bonchev–Trinajstić information content (AvgIpc) is 3.16. The Hall–Kier alpha value is -3.13. The zero-order chi connectivity index (χ0) is 19.2. The van der Waals surface area contributed by atoms with Crippen LogP contribution in [0.3, 0.4) is 0 Å². The molecular formula is C19H20N4O3S. The minimum absolute atomic E-state index is 0.309. The maximum absolute atomic E-state index is 5.34. The first kappa shape index (κ1) is 18.7. The number of rotatable bonds is 6. The van der Waals surface area contributed by atoms with Gasteiger partial charge in [0.15, 0.2) is 5.11 Å². The smallest absolute Gasteiger partial charge is 0.246 e. The Morgan fingerprint density at radius 3 is 2.70 bits per heavy atom. The van der Waals surface area contributed by atoms with Gasteiger partial charge in [0.2, 0.25) is 11.7 Å². The Morgan fingerprint density at radius 1 is 1.15 bits per heavy atom. The van der Waals surface area contributed by atoms with Gasteiger partial charge in [-0.25, -0.2) is 0 Å². The number of benzene rings is 2. The standard InChI is InChI=1S/C19H20N4O3S/c1-12-6-4-5-7-14(12)18-22-17(26-23-18)11-20-19(27)21-15-9-8-13(24-2)10-16(15)25-3/h4-10H,11H2,1-3H3,(H2,20,21,27). The summed E-state index contributed by atoms with van der Waals surface area (Å²) in [6.45, 7) is 2.31. The fourth-order valence-corrected chi connectivity index (χ4v) is 2.67. The molecule has 0 aliphatic heterocycles. The molecule has 140 valence electrons. The predicted molar refractivity (Wildman–Crippen MR) is 107 cm³/mol. The first-order valence-electron chi connectivity index (χ1n) is 8.26. The second-order valence-corrected chi connectivity index (χ2v) is 6.11. The molecule has 0 spiro atoms. The minimum atomic E-state index is 0.309. The number of aromatic nitrogens is 2. The van der Waals surface area contributed by atoms with E-state index < -0.39 is 0 Å². The zero-order valence-electron chi connectivity index (χ0n) is 15.3. The number of ether oxygens (including phenoxy) is 2. The van der Waals surface area contributed by atoms with Crippen molar-refractivity contribution in [2.75, 3.05) is 19.5 Å². The van der Waals surface area contributed by atoms with Crippen LogP contribution in [0.4, 0.5) is 5.69 Å². The average molecular weight is 384 g/mol. The van der Waals surface area contributed by atoms with E-state index in [0.717, 1.165) is 16.8 Å². The van der Waals surface area contributed by atoms with Crippen LogP contribution in [0.25, 0.3) is 11.4 Å². The van der Waals surface area contributed by atoms with Gasteiger partial charge in [-0.15, -0.1) is 0 Å². The summed E-state index contributed by atoms with van der Waals surface area (Å²) in [5.41, 5.74) is 2.75. The summed E-state index contributed by atoms with van der Waals surface area (Å²) in [5, 5.41) is 10.6. The molecule has 0 saturated heterocycles. The minimum Gasteiger partial charge on any atom is -0.497 e. The summed E-state index contributed by atoms with van der Waals surface area (Å²) >= 11 is 5.33. The quantitative estimate of drug-likeness (QED) is 0.625. The predicted octanol–water partition coefficient (Wildman–Crippen LogP) is 3.55. The number of hydrogen-bond acceptors (Lipinski definition) is 6. The fraction of sp³-hybridized carbons (Fsp3) is 0.211. The summed E-state index contributed by atoms with van der Waals surface area (Å²) in [6.07, 6.45) is 0. The van der Waals surface area contributed by atoms with Crippen molar-refractivity contribution >= 4 is 23.0 Å². The van der Waals surface area contributed by atoms with Crippen molar-refractivity contribution in [2.24, 2.45) is 0 Å². The molecule has 2 N–H and O–H groups in total. The highest BCUT2D eigenvalue weighted by atomic mass is 32.1. The van der Waals surface area contributed by atoms with Crippen molar-refractivity contribution < 1.29 is 14.0 Å². The van der Waals surface area contributed by atoms with Crippen LogP contribution in [0.2, 0.25) is 0 Å². The third-order valence-electron chi connectivity index (χ3n) is 3.91. The van der Waals surface area contributed by atoms with Gasteiger partial charge in [0.1, 0.15) is 11.5 Å². The molecule has 3 aromatic rings. The van der Waals surface area contributed by atoms with Crippen molar-refractivity contribution in [3.63, 3.8) is 0 Å². The summed E-state index contributed by atoms with van der Waals surface area (Å²) < 4.78 is 15.8. The first-order valence-corrected chi connectivity index (χ1v) is 8.67. The van der Waals surface area contributed by atoms with Crippen LogP contribution < -0.4 is 20.1 Å². The summed E-state index contributed by atoms with van der Waals surface area (Å²) in [4.78, 5) is 4.41. The van der Waals surface area contributed by atoms with Gasteiger partial charge in [-0.3, -0.25) is 0 Å². The van der Waals surface area contributed by atoms with Gasteiger partial charge in [0.25, 0.3) is 0 Å². The highest BCUT2D eigenvalue weighted by molar-refractivity contribution is 7.80. The van der Waals surface area contributed by atoms with E-state index in [4.69, 9.17) is 26.2 Å². The van der Waals surface area contributed by atoms with E-state index in [0.29, 0.717) is 34.9 Å². The van der Waals surface area contributed by atoms with E-state index in [1.807, 2.05) is 43.3 Å². The Kier molecular flexibility index (Phi) is 5.87. The van der Waals surface area contributed by atoms with Gasteiger partial charge >= 0.3 is 0 Å². The lowest BCUT2D eigenvalue weighted by atomic mass is 10.1. The molecule has 0 radical (unpaired) electrons. The molecule has 8 heteroatoms. The fourth-order valence-electron chi connectivity index (χ4n) is 2.48. The lowest BCUT2D eigenvalue weighted by Crippen LogP contribution is -2.28. The van der Waals surface area contributed by atoms with Crippen LogP contribution >= 0.6 is 12.2 Å². The van der Waals surface area contributed by atoms with Crippen molar-refractivity contribution in [3.05, 3.63) is 53.9 Å². The lowest BCUT2D eigenvalue weighted by molar-refractivity contribution is 0.376. The third-order valence-corrected chi connectivity index (χ3v) is 4.16. The number of hydrogen-bond donors (Lipinski definition) is 2. The van der Waals surface area contributed by atoms with Crippen LogP contribution in [0.5, 0.6) is 11.5 Å². The topological polar surface area (TPSA) is 81.4 Å². The highest BCUT2D eigenvalue weighted by Crippen LogP contribution is 2.29. The van der Waals surface area contributed by atoms with Gasteiger partial charge < -0.3 is 24.6 Å². The molecule has 0 aliphatic carbocycles. The van der Waals surface area contributed by atoms with E-state index in [2.05, 4.69) is 20.8 Å². The molecule has 27 heavy (non-hydrogen) atoms. The lowest BCUT2D eigenvalue weighted by Gasteiger charge is -2.13. The largest absolute Gasteiger partial charge is 0.497 e. The Morgan fingerprint density at radius 2 is 1.96 bits per heavy atom. The molecule has 0 saturated carbocycles. The van der Waals surface area contributed by atoms with E-state index in [-0.39, 0.29) is 0 Å². The Labute approximate surface area is 162 Å². The van der Waals surface area contributed by atoms with Gasteiger partial charge in [0.05, 0.1) is 26.5 Å². The second kappa shape index (κ2) is 8.50. The molecule has 0 fully saturated rings. The van der Waals surface area contributed by atoms with Gasteiger partial charge in [-0.2, -0.15) is 4.98 Å². The van der Waals surface area contributed by atoms with Crippen LogP contribution in [0.15, 0.2) is 47.0 Å². The number of nitrogens with one attached hydrogen (secondary N) is 2. The van der Waals surface area contributed by atoms with Crippen molar-refractivity contribution in [1.29, 1.82) is 0 Å². The number of methoxy groups -OCH3 is 2. The monoisotopic (exact) mass is 384 g/mol. The summed E-state index contributed by atoms with van der Waals surface area (Å²) in [6, 6.07) is 13.3. The molecule has 3 rings (SSSR count). The van der Waals surface area contributed by atoms with Crippen LogP contribution in [0.1, 0.15) is 11.5 Å². The third kappa shape index (κ3) is 4.53. The van der Waals surface area contributed by atoms with E-state index in [1.165, 1.54) is 0 Å². The van der Waals surface area contributed by atoms with Gasteiger partial charge in [0, 0.05) is 11.6 Å². The van der Waals surface area contributed by atoms with E-state index in [9.17, 15) is 0 Å². The first-order chi connectivity index (χ1) is 13.1. The normalized spacial score (nSPS) is 10.3. The molecule has 0 aliphatic rings. The number of thiocarbonyl (C=S) groups is 1. The molecule has 1 aromatic heterocycles. The van der Waals surface area contributed by atoms with E-state index in [1.54, 1.807) is 20.3 Å². The maximum atomic E-state index is 5.34. The summed E-state index contributed by atoms with van der Waals surface area (Å²) in [7, 11) is 3.19. The van der Waals surface area contributed by atoms with Gasteiger partial charge in [-0.05, 0) is 36.8 Å². The maximum Gasteiger partial charge on any atom is 0.246 e. The van der Waals surface area contributed by atoms with Crippen LogP contribution in [-0.4, -0.2) is 29.5 Å². The second-order valence-electron chi connectivity index (χ2n) is 5.70.